The molecule has 0 saturated heterocycles. The van der Waals surface area contributed by atoms with E-state index in [1.165, 1.54) is 61.4 Å². The van der Waals surface area contributed by atoms with Crippen molar-refractivity contribution in [1.29, 1.82) is 0 Å². The molecule has 4 heterocycles. The van der Waals surface area contributed by atoms with Crippen LogP contribution in [0.4, 0.5) is 22.7 Å². The Labute approximate surface area is 315 Å². The van der Waals surface area contributed by atoms with Gasteiger partial charge in [-0.05, 0) is 82.8 Å². The fourth-order valence-corrected chi connectivity index (χ4v) is 7.19. The van der Waals surface area contributed by atoms with Crippen LogP contribution in [0.2, 0.25) is 0 Å². The number of rotatable bonds is 3. The summed E-state index contributed by atoms with van der Waals surface area (Å²) < 4.78 is 0. The molecular formula is C45H37BIrN4-2. The van der Waals surface area contributed by atoms with Crippen LogP contribution in [0.25, 0.3) is 33.6 Å². The molecule has 2 aliphatic rings. The van der Waals surface area contributed by atoms with E-state index in [0.29, 0.717) is 0 Å². The summed E-state index contributed by atoms with van der Waals surface area (Å²) in [6.07, 6.45) is 3.81. The third kappa shape index (κ3) is 6.31. The van der Waals surface area contributed by atoms with Gasteiger partial charge < -0.3 is 19.8 Å². The van der Waals surface area contributed by atoms with Crippen LogP contribution in [-0.4, -0.2) is 30.8 Å². The van der Waals surface area contributed by atoms with Crippen LogP contribution in [0, 0.1) is 32.9 Å². The second kappa shape index (κ2) is 14.1. The summed E-state index contributed by atoms with van der Waals surface area (Å²) in [6.45, 7) is 6.42. The Morgan fingerprint density at radius 3 is 1.98 bits per heavy atom. The average molecular weight is 837 g/mol. The van der Waals surface area contributed by atoms with E-state index in [1.807, 2.05) is 24.5 Å². The van der Waals surface area contributed by atoms with E-state index in [4.69, 9.17) is 4.98 Å². The summed E-state index contributed by atoms with van der Waals surface area (Å²) in [5.41, 5.74) is 19.1. The molecule has 1 radical (unpaired) electrons. The van der Waals surface area contributed by atoms with Gasteiger partial charge in [-0.2, -0.15) is 0 Å². The van der Waals surface area contributed by atoms with Crippen LogP contribution in [0.15, 0.2) is 134 Å². The van der Waals surface area contributed by atoms with Gasteiger partial charge in [0.05, 0.1) is 0 Å². The predicted octanol–water partition coefficient (Wildman–Crippen LogP) is 8.37. The number of pyridine rings is 2. The van der Waals surface area contributed by atoms with Crippen LogP contribution < -0.4 is 26.2 Å². The number of fused-ring (bicyclic) bond motifs is 4. The summed E-state index contributed by atoms with van der Waals surface area (Å²) in [7, 11) is 4.33. The molecule has 0 unspecified atom stereocenters. The smallest absolute Gasteiger partial charge is 0.233 e. The van der Waals surface area contributed by atoms with Gasteiger partial charge in [-0.1, -0.05) is 79.2 Å². The second-order valence-electron chi connectivity index (χ2n) is 13.2. The minimum atomic E-state index is 0. The third-order valence-corrected chi connectivity index (χ3v) is 10.1. The molecule has 0 amide bonds. The van der Waals surface area contributed by atoms with Gasteiger partial charge in [0.15, 0.2) is 0 Å². The van der Waals surface area contributed by atoms with Crippen LogP contribution in [-0.2, 0) is 20.1 Å². The molecule has 51 heavy (non-hydrogen) atoms. The molecule has 0 bridgehead atoms. The van der Waals surface area contributed by atoms with Crippen molar-refractivity contribution >= 4 is 45.9 Å². The van der Waals surface area contributed by atoms with E-state index in [0.717, 1.165) is 28.1 Å². The first-order chi connectivity index (χ1) is 24.4. The number of para-hydroxylation sites is 1. The van der Waals surface area contributed by atoms with Crippen LogP contribution in [0.3, 0.4) is 0 Å². The SMILES string of the molecule is CN1c2c[c-]c(-c3cc(-c4ccccc4)ccn3)cc2B2c3ccccc3N(C)c3cccc1c32.Cc1c[c-]c(-c2cc(C)c(C)cn2)cc1.[Ir]. The van der Waals surface area contributed by atoms with E-state index in [9.17, 15) is 0 Å². The standard InChI is InChI=1S/C31H23BN3.C14H14N.Ir/c1-34-27-12-7-6-11-24(27)32-25-19-23(26-20-22(17-18-33-26)21-9-4-3-5-10-21)15-16-28(25)35(2)30-14-8-13-29(34)31(30)32;1-10-4-6-13(7-5-10)14-8-11(2)12(3)9-15-14;/h3-14,16-20H,1-2H3;4-6,8-9H,1-3H3;/q2*-1;. The van der Waals surface area contributed by atoms with Gasteiger partial charge in [0.2, 0.25) is 6.71 Å². The van der Waals surface area contributed by atoms with Crippen LogP contribution in [0.1, 0.15) is 16.7 Å². The van der Waals surface area contributed by atoms with Gasteiger partial charge in [0.1, 0.15) is 0 Å². The number of nitrogens with zero attached hydrogens (tertiary/aromatic N) is 4. The molecule has 0 atom stereocenters. The van der Waals surface area contributed by atoms with E-state index >= 15 is 0 Å². The van der Waals surface area contributed by atoms with E-state index in [2.05, 4.69) is 171 Å². The summed E-state index contributed by atoms with van der Waals surface area (Å²) in [5, 5.41) is 0. The van der Waals surface area contributed by atoms with Crippen molar-refractivity contribution in [3.8, 4) is 33.6 Å². The average Bonchev–Trinajstić information content (AvgIpc) is 3.16. The Morgan fingerprint density at radius 1 is 0.549 bits per heavy atom. The Morgan fingerprint density at radius 2 is 1.24 bits per heavy atom. The largest absolute Gasteiger partial charge is 0.385 e. The topological polar surface area (TPSA) is 32.3 Å². The first-order valence-electron chi connectivity index (χ1n) is 17.1. The Hall–Kier alpha value is -5.29. The van der Waals surface area contributed by atoms with Crippen molar-refractivity contribution < 1.29 is 20.1 Å². The molecule has 5 aromatic carbocycles. The first kappa shape index (κ1) is 34.2. The zero-order valence-electron chi connectivity index (χ0n) is 29.4. The fourth-order valence-electron chi connectivity index (χ4n) is 7.19. The van der Waals surface area contributed by atoms with Crippen molar-refractivity contribution in [2.24, 2.45) is 0 Å². The monoisotopic (exact) mass is 837 g/mol. The van der Waals surface area contributed by atoms with Crippen molar-refractivity contribution in [2.75, 3.05) is 23.9 Å². The molecule has 0 fully saturated rings. The summed E-state index contributed by atoms with van der Waals surface area (Å²) in [5.74, 6) is 0. The predicted molar refractivity (Wildman–Crippen MR) is 210 cm³/mol. The number of hydrogen-bond acceptors (Lipinski definition) is 4. The molecule has 0 spiro atoms. The zero-order chi connectivity index (χ0) is 34.4. The number of anilines is 4. The summed E-state index contributed by atoms with van der Waals surface area (Å²) in [6, 6.07) is 49.6. The Kier molecular flexibility index (Phi) is 9.48. The first-order valence-corrected chi connectivity index (χ1v) is 17.1. The molecule has 9 rings (SSSR count). The van der Waals surface area contributed by atoms with Gasteiger partial charge in [-0.3, -0.25) is 0 Å². The molecular weight excluding hydrogens is 800 g/mol. The fraction of sp³-hybridized carbons (Fsp3) is 0.111. The van der Waals surface area contributed by atoms with Crippen LogP contribution >= 0.6 is 0 Å². The Bertz CT molecular complexity index is 2340. The van der Waals surface area contributed by atoms with E-state index in [1.54, 1.807) is 0 Å². The van der Waals surface area contributed by atoms with E-state index in [-0.39, 0.29) is 26.8 Å². The normalized spacial score (nSPS) is 12.1. The maximum Gasteiger partial charge on any atom is 0.233 e. The molecule has 251 valence electrons. The summed E-state index contributed by atoms with van der Waals surface area (Å²) >= 11 is 0. The van der Waals surface area contributed by atoms with Crippen molar-refractivity contribution in [3.05, 3.63) is 163 Å². The van der Waals surface area contributed by atoms with Gasteiger partial charge in [-0.25, -0.2) is 0 Å². The van der Waals surface area contributed by atoms with Crippen LogP contribution in [0.5, 0.6) is 0 Å². The molecule has 0 saturated carbocycles. The van der Waals surface area contributed by atoms with Gasteiger partial charge >= 0.3 is 0 Å². The van der Waals surface area contributed by atoms with E-state index < -0.39 is 0 Å². The number of aromatic nitrogens is 2. The quantitative estimate of drug-likeness (QED) is 0.132. The molecule has 0 N–H and O–H groups in total. The molecule has 7 aromatic rings. The van der Waals surface area contributed by atoms with Crippen molar-refractivity contribution in [1.82, 2.24) is 9.97 Å². The molecule has 6 heteroatoms. The molecule has 2 aromatic heterocycles. The molecule has 4 nitrogen and oxygen atoms in total. The number of benzene rings is 5. The Balaban J connectivity index is 0.000000214. The van der Waals surface area contributed by atoms with Crippen molar-refractivity contribution in [2.45, 2.75) is 20.8 Å². The minimum Gasteiger partial charge on any atom is -0.385 e. The number of hydrogen-bond donors (Lipinski definition) is 0. The van der Waals surface area contributed by atoms with Gasteiger partial charge in [0, 0.05) is 63.7 Å². The van der Waals surface area contributed by atoms with Crippen molar-refractivity contribution in [3.63, 3.8) is 0 Å². The number of aryl methyl sites for hydroxylation is 3. The summed E-state index contributed by atoms with van der Waals surface area (Å²) in [4.78, 5) is 13.8. The maximum absolute atomic E-state index is 4.73. The minimum absolute atomic E-state index is 0. The molecule has 2 aliphatic heterocycles. The maximum atomic E-state index is 4.73. The van der Waals surface area contributed by atoms with Gasteiger partial charge in [-0.15, -0.1) is 64.6 Å². The zero-order valence-corrected chi connectivity index (χ0v) is 31.8. The second-order valence-corrected chi connectivity index (χ2v) is 13.2. The third-order valence-electron chi connectivity index (χ3n) is 10.1. The van der Waals surface area contributed by atoms with Gasteiger partial charge in [0.25, 0.3) is 0 Å². The molecule has 0 aliphatic carbocycles.